The van der Waals surface area contributed by atoms with Crippen molar-refractivity contribution in [3.05, 3.63) is 54.1 Å². The van der Waals surface area contributed by atoms with Crippen LogP contribution in [0.2, 0.25) is 0 Å². The van der Waals surface area contributed by atoms with E-state index in [4.69, 9.17) is 14.2 Å². The molecule has 7 heteroatoms. The number of carbonyl (C=O) groups is 2. The maximum absolute atomic E-state index is 13.3. The zero-order valence-electron chi connectivity index (χ0n) is 21.0. The Bertz CT molecular complexity index is 900. The number of hydrogen-bond donors (Lipinski definition) is 1. The van der Waals surface area contributed by atoms with E-state index in [9.17, 15) is 9.59 Å². The second-order valence-corrected chi connectivity index (χ2v) is 8.24. The molecule has 0 bridgehead atoms. The number of hydrogen-bond acceptors (Lipinski definition) is 5. The van der Waals surface area contributed by atoms with E-state index in [1.807, 2.05) is 69.3 Å². The number of carbonyl (C=O) groups excluding carboxylic acids is 2. The monoisotopic (exact) mass is 470 g/mol. The summed E-state index contributed by atoms with van der Waals surface area (Å²) < 4.78 is 16.2. The van der Waals surface area contributed by atoms with Crippen molar-refractivity contribution in [1.29, 1.82) is 0 Å². The summed E-state index contributed by atoms with van der Waals surface area (Å²) in [6.45, 7) is 6.66. The van der Waals surface area contributed by atoms with Gasteiger partial charge in [0.1, 0.15) is 23.3 Å². The summed E-state index contributed by atoms with van der Waals surface area (Å²) in [7, 11) is 3.23. The lowest BCUT2D eigenvalue weighted by atomic mass is 10.1. The largest absolute Gasteiger partial charge is 0.497 e. The number of nitrogens with zero attached hydrogens (tertiary/aromatic N) is 1. The highest BCUT2D eigenvalue weighted by atomic mass is 16.5. The van der Waals surface area contributed by atoms with Gasteiger partial charge in [-0.3, -0.25) is 9.59 Å². The van der Waals surface area contributed by atoms with Crippen molar-refractivity contribution in [1.82, 2.24) is 10.2 Å². The van der Waals surface area contributed by atoms with Crippen LogP contribution < -0.4 is 19.5 Å². The molecule has 2 atom stereocenters. The van der Waals surface area contributed by atoms with Crippen LogP contribution in [0.15, 0.2) is 48.5 Å². The van der Waals surface area contributed by atoms with Gasteiger partial charge in [-0.05, 0) is 68.1 Å². The minimum absolute atomic E-state index is 0.0493. The molecule has 0 aromatic heterocycles. The van der Waals surface area contributed by atoms with E-state index in [1.165, 1.54) is 0 Å². The molecular formula is C27H38N2O5. The molecule has 0 radical (unpaired) electrons. The van der Waals surface area contributed by atoms with E-state index < -0.39 is 6.04 Å². The highest BCUT2D eigenvalue weighted by molar-refractivity contribution is 5.87. The number of amides is 2. The lowest BCUT2D eigenvalue weighted by molar-refractivity contribution is -0.141. The van der Waals surface area contributed by atoms with Gasteiger partial charge in [0.2, 0.25) is 11.8 Å². The Kier molecular flexibility index (Phi) is 11.2. The van der Waals surface area contributed by atoms with Crippen LogP contribution in [-0.4, -0.2) is 49.6 Å². The number of methoxy groups -OCH3 is 2. The predicted molar refractivity (Wildman–Crippen MR) is 133 cm³/mol. The smallest absolute Gasteiger partial charge is 0.243 e. The molecule has 0 aliphatic rings. The van der Waals surface area contributed by atoms with Gasteiger partial charge in [-0.25, -0.2) is 0 Å². The molecule has 0 unspecified atom stereocenters. The summed E-state index contributed by atoms with van der Waals surface area (Å²) in [5.41, 5.74) is 0.914. The van der Waals surface area contributed by atoms with Gasteiger partial charge in [0.25, 0.3) is 0 Å². The Morgan fingerprint density at radius 2 is 1.62 bits per heavy atom. The van der Waals surface area contributed by atoms with Crippen molar-refractivity contribution in [3.63, 3.8) is 0 Å². The molecule has 2 aromatic carbocycles. The van der Waals surface area contributed by atoms with Gasteiger partial charge in [0.05, 0.1) is 20.8 Å². The minimum Gasteiger partial charge on any atom is -0.497 e. The van der Waals surface area contributed by atoms with E-state index in [-0.39, 0.29) is 24.3 Å². The first-order chi connectivity index (χ1) is 16.4. The Morgan fingerprint density at radius 3 is 2.24 bits per heavy atom. The lowest BCUT2D eigenvalue weighted by Crippen LogP contribution is -2.50. The average Bonchev–Trinajstić information content (AvgIpc) is 2.86. The molecule has 34 heavy (non-hydrogen) atoms. The highest BCUT2D eigenvalue weighted by Gasteiger charge is 2.29. The molecule has 0 heterocycles. The molecule has 0 spiro atoms. The standard InChI is InChI=1S/C27H38N2O5/c1-6-20(3)28-27(31)25(7-2)29(19-21-10-8-11-24(18-21)33-5)26(30)12-9-17-34-23-15-13-22(32-4)14-16-23/h8,10-11,13-16,18,20,25H,6-7,9,12,17,19H2,1-5H3,(H,28,31)/t20-,25-/m1/s1. The number of ether oxygens (including phenoxy) is 3. The quantitative estimate of drug-likeness (QED) is 0.409. The maximum Gasteiger partial charge on any atom is 0.243 e. The van der Waals surface area contributed by atoms with E-state index in [1.54, 1.807) is 19.1 Å². The predicted octanol–water partition coefficient (Wildman–Crippen LogP) is 4.58. The molecule has 0 fully saturated rings. The Labute approximate surface area is 203 Å². The van der Waals surface area contributed by atoms with E-state index >= 15 is 0 Å². The SMILES string of the molecule is CC[C@@H](C)NC(=O)[C@@H](CC)N(Cc1cccc(OC)c1)C(=O)CCCOc1ccc(OC)cc1. The second kappa shape index (κ2) is 14.1. The number of nitrogens with one attached hydrogen (secondary N) is 1. The van der Waals surface area contributed by atoms with Crippen LogP contribution in [0.4, 0.5) is 0 Å². The zero-order valence-corrected chi connectivity index (χ0v) is 21.0. The van der Waals surface area contributed by atoms with E-state index in [2.05, 4.69) is 5.32 Å². The van der Waals surface area contributed by atoms with Crippen molar-refractivity contribution in [2.24, 2.45) is 0 Å². The third kappa shape index (κ3) is 8.28. The maximum atomic E-state index is 13.3. The Hall–Kier alpha value is -3.22. The van der Waals surface area contributed by atoms with Crippen LogP contribution in [-0.2, 0) is 16.1 Å². The van der Waals surface area contributed by atoms with E-state index in [0.717, 1.165) is 29.2 Å². The van der Waals surface area contributed by atoms with Crippen molar-refractivity contribution in [2.75, 3.05) is 20.8 Å². The first-order valence-corrected chi connectivity index (χ1v) is 11.9. The highest BCUT2D eigenvalue weighted by Crippen LogP contribution is 2.20. The summed E-state index contributed by atoms with van der Waals surface area (Å²) in [5, 5.41) is 3.03. The fourth-order valence-electron chi connectivity index (χ4n) is 3.56. The number of benzene rings is 2. The summed E-state index contributed by atoms with van der Waals surface area (Å²) >= 11 is 0. The molecule has 0 aliphatic heterocycles. The number of rotatable bonds is 14. The summed E-state index contributed by atoms with van der Waals surface area (Å²) in [4.78, 5) is 28.0. The van der Waals surface area contributed by atoms with Gasteiger partial charge < -0.3 is 24.4 Å². The molecule has 2 aromatic rings. The van der Waals surface area contributed by atoms with Crippen molar-refractivity contribution in [2.45, 2.75) is 65.1 Å². The van der Waals surface area contributed by atoms with Gasteiger partial charge in [0, 0.05) is 19.0 Å². The Balaban J connectivity index is 2.07. The van der Waals surface area contributed by atoms with E-state index in [0.29, 0.717) is 26.0 Å². The van der Waals surface area contributed by atoms with Gasteiger partial charge in [0.15, 0.2) is 0 Å². The topological polar surface area (TPSA) is 77.1 Å². The molecule has 186 valence electrons. The lowest BCUT2D eigenvalue weighted by Gasteiger charge is -2.31. The molecular weight excluding hydrogens is 432 g/mol. The first kappa shape index (κ1) is 27.0. The van der Waals surface area contributed by atoms with Crippen LogP contribution in [0.1, 0.15) is 52.0 Å². The van der Waals surface area contributed by atoms with Gasteiger partial charge in [-0.15, -0.1) is 0 Å². The first-order valence-electron chi connectivity index (χ1n) is 11.9. The third-order valence-electron chi connectivity index (χ3n) is 5.74. The van der Waals surface area contributed by atoms with Crippen LogP contribution in [0.5, 0.6) is 17.2 Å². The van der Waals surface area contributed by atoms with Crippen molar-refractivity contribution < 1.29 is 23.8 Å². The fourth-order valence-corrected chi connectivity index (χ4v) is 3.56. The molecule has 2 rings (SSSR count). The second-order valence-electron chi connectivity index (χ2n) is 8.24. The zero-order chi connectivity index (χ0) is 24.9. The summed E-state index contributed by atoms with van der Waals surface area (Å²) in [6.07, 6.45) is 2.19. The van der Waals surface area contributed by atoms with Crippen molar-refractivity contribution >= 4 is 11.8 Å². The summed E-state index contributed by atoms with van der Waals surface area (Å²) in [5.74, 6) is 2.00. The molecule has 2 amide bonds. The molecule has 1 N–H and O–H groups in total. The van der Waals surface area contributed by atoms with Crippen LogP contribution in [0.3, 0.4) is 0 Å². The normalized spacial score (nSPS) is 12.4. The molecule has 0 saturated carbocycles. The third-order valence-corrected chi connectivity index (χ3v) is 5.74. The van der Waals surface area contributed by atoms with Crippen LogP contribution >= 0.6 is 0 Å². The molecule has 0 saturated heterocycles. The summed E-state index contributed by atoms with van der Waals surface area (Å²) in [6, 6.07) is 14.4. The minimum atomic E-state index is -0.546. The fraction of sp³-hybridized carbons (Fsp3) is 0.481. The van der Waals surface area contributed by atoms with Crippen molar-refractivity contribution in [3.8, 4) is 17.2 Å². The molecule has 0 aliphatic carbocycles. The van der Waals surface area contributed by atoms with Crippen LogP contribution in [0, 0.1) is 0 Å². The van der Waals surface area contributed by atoms with Gasteiger partial charge in [-0.1, -0.05) is 26.0 Å². The molecule has 7 nitrogen and oxygen atoms in total. The Morgan fingerprint density at radius 1 is 0.941 bits per heavy atom. The van der Waals surface area contributed by atoms with Gasteiger partial charge in [-0.2, -0.15) is 0 Å². The van der Waals surface area contributed by atoms with Crippen LogP contribution in [0.25, 0.3) is 0 Å². The van der Waals surface area contributed by atoms with Gasteiger partial charge >= 0.3 is 0 Å². The average molecular weight is 471 g/mol.